The number of primary amides is 1. The number of fused-ring (bicyclic) bond motifs is 3. The van der Waals surface area contributed by atoms with Gasteiger partial charge in [0, 0.05) is 82.5 Å². The number of aryl methyl sites for hydroxylation is 4. The Morgan fingerprint density at radius 3 is 1.92 bits per heavy atom. The summed E-state index contributed by atoms with van der Waals surface area (Å²) in [6.07, 6.45) is 4.77. The average Bonchev–Trinajstić information content (AvgIpc) is 3.88. The van der Waals surface area contributed by atoms with Gasteiger partial charge >= 0.3 is 6.03 Å². The second-order valence-electron chi connectivity index (χ2n) is 12.4. The number of aromatic hydroxyl groups is 1. The summed E-state index contributed by atoms with van der Waals surface area (Å²) >= 11 is 7.79. The van der Waals surface area contributed by atoms with Crippen molar-refractivity contribution in [2.24, 2.45) is 26.9 Å². The molecule has 5 heterocycles. The lowest BCUT2D eigenvalue weighted by Crippen LogP contribution is -2.34. The van der Waals surface area contributed by atoms with Gasteiger partial charge in [-0.3, -0.25) is 24.1 Å². The maximum Gasteiger partial charge on any atom is 0.326 e. The van der Waals surface area contributed by atoms with Crippen LogP contribution in [-0.4, -0.2) is 67.4 Å². The van der Waals surface area contributed by atoms with E-state index in [2.05, 4.69) is 21.3 Å². The molecule has 1 aliphatic heterocycles. The van der Waals surface area contributed by atoms with Gasteiger partial charge in [0.2, 0.25) is 5.91 Å². The Balaban J connectivity index is 1.11. The van der Waals surface area contributed by atoms with E-state index in [1.54, 1.807) is 65.9 Å². The molecule has 0 radical (unpaired) electrons. The van der Waals surface area contributed by atoms with E-state index in [-0.39, 0.29) is 41.7 Å². The van der Waals surface area contributed by atoms with Crippen LogP contribution >= 0.6 is 22.9 Å². The number of carbonyl (C=O) groups is 5. The first-order valence-electron chi connectivity index (χ1n) is 15.8. The van der Waals surface area contributed by atoms with Crippen molar-refractivity contribution >= 4 is 85.4 Å². The molecule has 7 N–H and O–H groups in total. The van der Waals surface area contributed by atoms with Gasteiger partial charge in [-0.15, -0.1) is 22.9 Å². The Bertz CT molecular complexity index is 2230. The summed E-state index contributed by atoms with van der Waals surface area (Å²) in [6, 6.07) is 5.73. The van der Waals surface area contributed by atoms with E-state index in [1.807, 2.05) is 12.3 Å². The summed E-state index contributed by atoms with van der Waals surface area (Å²) in [4.78, 5) is 65.0. The Morgan fingerprint density at radius 1 is 0.863 bits per heavy atom. The lowest BCUT2D eigenvalue weighted by Gasteiger charge is -2.18. The van der Waals surface area contributed by atoms with Crippen LogP contribution in [0.5, 0.6) is 5.75 Å². The van der Waals surface area contributed by atoms with Crippen molar-refractivity contribution in [1.82, 2.24) is 19.0 Å². The van der Waals surface area contributed by atoms with Crippen LogP contribution in [0.2, 0.25) is 0 Å². The molecule has 6 amide bonds. The molecule has 1 unspecified atom stereocenters. The topological polar surface area (TPSA) is 198 Å². The summed E-state index contributed by atoms with van der Waals surface area (Å²) in [6.45, 7) is 2.39. The SMILES string of the molecule is Cc1csc2c(O)cc3c(c12)C(CCl)CN3C(=O)Nc1cc(C(=O)Nc2cc(C(=O)Nc3cc(C(=O)NCCC(N)=O)n(C)c3)n(C)c2)n(C)c1. The van der Waals surface area contributed by atoms with Crippen molar-refractivity contribution in [2.45, 2.75) is 19.3 Å². The van der Waals surface area contributed by atoms with Crippen molar-refractivity contribution in [2.75, 3.05) is 39.8 Å². The van der Waals surface area contributed by atoms with Gasteiger partial charge in [0.25, 0.3) is 17.7 Å². The molecule has 1 aromatic carbocycles. The summed E-state index contributed by atoms with van der Waals surface area (Å²) in [7, 11) is 4.97. The number of nitrogens with one attached hydrogen (secondary N) is 4. The molecule has 15 nitrogen and oxygen atoms in total. The number of nitrogens with zero attached hydrogens (tertiary/aromatic N) is 4. The first kappa shape index (κ1) is 35.1. The molecule has 0 bridgehead atoms. The van der Waals surface area contributed by atoms with E-state index in [0.29, 0.717) is 35.2 Å². The third-order valence-corrected chi connectivity index (χ3v) is 10.2. The zero-order chi connectivity index (χ0) is 36.7. The summed E-state index contributed by atoms with van der Waals surface area (Å²) in [5, 5.41) is 24.6. The maximum atomic E-state index is 13.5. The molecule has 1 aliphatic rings. The van der Waals surface area contributed by atoms with E-state index in [9.17, 15) is 29.1 Å². The number of nitrogens with two attached hydrogens (primary N) is 1. The number of halogens is 1. The minimum absolute atomic E-state index is 0.00340. The molecule has 1 atom stereocenters. The molecule has 51 heavy (non-hydrogen) atoms. The number of carbonyl (C=O) groups excluding carboxylic acids is 5. The highest BCUT2D eigenvalue weighted by atomic mass is 35.5. The molecule has 266 valence electrons. The van der Waals surface area contributed by atoms with E-state index in [0.717, 1.165) is 21.2 Å². The van der Waals surface area contributed by atoms with Gasteiger partial charge in [-0.2, -0.15) is 0 Å². The van der Waals surface area contributed by atoms with Crippen LogP contribution in [0, 0.1) is 6.92 Å². The van der Waals surface area contributed by atoms with E-state index in [4.69, 9.17) is 17.3 Å². The zero-order valence-electron chi connectivity index (χ0n) is 28.2. The largest absolute Gasteiger partial charge is 0.506 e. The molecule has 0 spiro atoms. The molecule has 17 heteroatoms. The second-order valence-corrected chi connectivity index (χ2v) is 13.6. The number of hydrogen-bond donors (Lipinski definition) is 6. The number of aromatic nitrogens is 3. The van der Waals surface area contributed by atoms with E-state index < -0.39 is 29.7 Å². The van der Waals surface area contributed by atoms with Crippen LogP contribution in [0.3, 0.4) is 0 Å². The van der Waals surface area contributed by atoms with Gasteiger partial charge in [-0.05, 0) is 41.6 Å². The molecule has 5 aromatic rings. The van der Waals surface area contributed by atoms with Crippen molar-refractivity contribution in [3.8, 4) is 5.75 Å². The van der Waals surface area contributed by atoms with Gasteiger partial charge in [-0.1, -0.05) is 0 Å². The number of hydrogen-bond acceptors (Lipinski definition) is 7. The Kier molecular flexibility index (Phi) is 9.55. The molecule has 0 saturated heterocycles. The summed E-state index contributed by atoms with van der Waals surface area (Å²) in [5.41, 5.74) is 9.53. The number of anilines is 4. The molecule has 4 aromatic heterocycles. The molecule has 0 saturated carbocycles. The first-order valence-corrected chi connectivity index (χ1v) is 17.2. The first-order chi connectivity index (χ1) is 24.2. The Labute approximate surface area is 300 Å². The van der Waals surface area contributed by atoms with Crippen LogP contribution in [0.1, 0.15) is 54.9 Å². The third kappa shape index (κ3) is 6.87. The molecule has 0 fully saturated rings. The summed E-state index contributed by atoms with van der Waals surface area (Å²) in [5.74, 6) is -1.62. The van der Waals surface area contributed by atoms with Crippen LogP contribution in [0.4, 0.5) is 27.5 Å². The van der Waals surface area contributed by atoms with Crippen LogP contribution < -0.4 is 31.9 Å². The number of amides is 6. The number of phenols is 1. The highest BCUT2D eigenvalue weighted by Gasteiger charge is 2.35. The average molecular weight is 734 g/mol. The number of urea groups is 1. The number of rotatable bonds is 10. The molecule has 6 rings (SSSR count). The van der Waals surface area contributed by atoms with Gasteiger partial charge in [-0.25, -0.2) is 4.79 Å². The lowest BCUT2D eigenvalue weighted by atomic mass is 9.97. The van der Waals surface area contributed by atoms with Gasteiger partial charge in [0.15, 0.2) is 0 Å². The summed E-state index contributed by atoms with van der Waals surface area (Å²) < 4.78 is 5.42. The smallest absolute Gasteiger partial charge is 0.326 e. The van der Waals surface area contributed by atoms with Gasteiger partial charge in [0.05, 0.1) is 27.4 Å². The fraction of sp³-hybridized carbons (Fsp3) is 0.265. The third-order valence-electron chi connectivity index (χ3n) is 8.70. The normalized spacial score (nSPS) is 13.7. The van der Waals surface area contributed by atoms with Crippen LogP contribution in [0.25, 0.3) is 10.1 Å². The fourth-order valence-corrected chi connectivity index (χ4v) is 7.51. The number of phenolic OH excluding ortho intramolecular Hbond substituents is 1. The monoisotopic (exact) mass is 733 g/mol. The van der Waals surface area contributed by atoms with Crippen molar-refractivity contribution < 1.29 is 29.1 Å². The van der Waals surface area contributed by atoms with Crippen molar-refractivity contribution in [1.29, 1.82) is 0 Å². The van der Waals surface area contributed by atoms with E-state index in [1.165, 1.54) is 28.0 Å². The molecule has 0 aliphatic carbocycles. The standard InChI is InChI=1S/C34H36ClN9O6S/c1-17-16-51-30-26(45)10-22-29(28(17)30)18(11-35)12-44(22)34(50)40-21-9-25(43(4)15-21)33(49)39-20-8-24(42(3)14-20)32(48)38-19-7-23(41(2)13-19)31(47)37-6-5-27(36)46/h7-10,13-16,18,45H,5-6,11-12H2,1-4H3,(H2,36,46)(H,37,47)(H,38,48)(H,39,49)(H,40,50). The minimum atomic E-state index is -0.533. The van der Waals surface area contributed by atoms with E-state index >= 15 is 0 Å². The number of thiophene rings is 1. The lowest BCUT2D eigenvalue weighted by molar-refractivity contribution is -0.117. The minimum Gasteiger partial charge on any atom is -0.506 e. The fourth-order valence-electron chi connectivity index (χ4n) is 6.28. The maximum absolute atomic E-state index is 13.5. The van der Waals surface area contributed by atoms with Crippen LogP contribution in [0.15, 0.2) is 48.2 Å². The predicted molar refractivity (Wildman–Crippen MR) is 196 cm³/mol. The highest BCUT2D eigenvalue weighted by Crippen LogP contribution is 2.48. The zero-order valence-corrected chi connectivity index (χ0v) is 29.7. The van der Waals surface area contributed by atoms with Crippen molar-refractivity contribution in [3.05, 3.63) is 76.4 Å². The molecular weight excluding hydrogens is 698 g/mol. The Hall–Kier alpha value is -5.74. The van der Waals surface area contributed by atoms with Crippen LogP contribution in [-0.2, 0) is 25.9 Å². The molecular formula is C34H36ClN9O6S. The highest BCUT2D eigenvalue weighted by molar-refractivity contribution is 7.17. The number of alkyl halides is 1. The predicted octanol–water partition coefficient (Wildman–Crippen LogP) is 4.42. The van der Waals surface area contributed by atoms with Gasteiger partial charge < -0.3 is 45.8 Å². The Morgan fingerprint density at radius 2 is 1.39 bits per heavy atom. The van der Waals surface area contributed by atoms with Gasteiger partial charge in [0.1, 0.15) is 22.8 Å². The van der Waals surface area contributed by atoms with Crippen molar-refractivity contribution in [3.63, 3.8) is 0 Å². The second kappa shape index (κ2) is 13.9. The number of benzene rings is 1. The quantitative estimate of drug-likeness (QED) is 0.115.